The van der Waals surface area contributed by atoms with Crippen molar-refractivity contribution in [3.05, 3.63) is 23.7 Å². The highest BCUT2D eigenvalue weighted by molar-refractivity contribution is 7.84. The number of nitrogens with two attached hydrogens (primary N) is 1. The van der Waals surface area contributed by atoms with Crippen molar-refractivity contribution in [2.45, 2.75) is 12.8 Å². The van der Waals surface area contributed by atoms with Gasteiger partial charge in [-0.25, -0.2) is 5.14 Å². The van der Waals surface area contributed by atoms with E-state index in [2.05, 4.69) is 13.7 Å². The third-order valence-electron chi connectivity index (χ3n) is 1.31. The van der Waals surface area contributed by atoms with E-state index in [9.17, 15) is 21.6 Å². The molecule has 0 amide bonds. The van der Waals surface area contributed by atoms with Crippen LogP contribution in [0.25, 0.3) is 0 Å². The summed E-state index contributed by atoms with van der Waals surface area (Å²) in [5.74, 6) is -1.51. The zero-order valence-electron chi connectivity index (χ0n) is 7.11. The Hall–Kier alpha value is -1.06. The first-order chi connectivity index (χ1) is 6.68. The number of alkyl halides is 3. The Morgan fingerprint density at radius 3 is 2.40 bits per heavy atom. The Morgan fingerprint density at radius 2 is 2.00 bits per heavy atom. The lowest BCUT2D eigenvalue weighted by Crippen LogP contribution is -2.15. The third kappa shape index (κ3) is 3.90. The molecule has 1 heterocycles. The fourth-order valence-electron chi connectivity index (χ4n) is 0.748. The van der Waals surface area contributed by atoms with Crippen LogP contribution in [0.3, 0.4) is 0 Å². The molecule has 9 heteroatoms. The van der Waals surface area contributed by atoms with E-state index in [-0.39, 0.29) is 5.76 Å². The van der Waals surface area contributed by atoms with Crippen molar-refractivity contribution in [3.8, 4) is 0 Å². The molecule has 0 saturated carbocycles. The quantitative estimate of drug-likeness (QED) is 0.861. The van der Waals surface area contributed by atoms with E-state index in [0.717, 1.165) is 6.07 Å². The lowest BCUT2D eigenvalue weighted by molar-refractivity contribution is -0.153. The first-order valence-electron chi connectivity index (χ1n) is 3.51. The fourth-order valence-corrected chi connectivity index (χ4v) is 1.03. The fraction of sp³-hybridized carbons (Fsp3) is 0.333. The normalized spacial score (nSPS) is 13.1. The van der Waals surface area contributed by atoms with E-state index >= 15 is 0 Å². The summed E-state index contributed by atoms with van der Waals surface area (Å²) in [6.07, 6.45) is -4.61. The summed E-state index contributed by atoms with van der Waals surface area (Å²) in [4.78, 5) is 0. The molecule has 0 aromatic carbocycles. The number of rotatable bonds is 3. The zero-order chi connectivity index (χ0) is 11.7. The van der Waals surface area contributed by atoms with Crippen molar-refractivity contribution in [3.63, 3.8) is 0 Å². The molecule has 1 aromatic rings. The van der Waals surface area contributed by atoms with Gasteiger partial charge in [0.05, 0.1) is 0 Å². The maximum Gasteiger partial charge on any atom is 0.449 e. The molecule has 0 bridgehead atoms. The van der Waals surface area contributed by atoms with Gasteiger partial charge in [0, 0.05) is 0 Å². The molecule has 1 rings (SSSR count). The van der Waals surface area contributed by atoms with Gasteiger partial charge in [0.15, 0.2) is 0 Å². The molecule has 0 aliphatic rings. The maximum atomic E-state index is 12.0. The maximum absolute atomic E-state index is 12.0. The lowest BCUT2D eigenvalue weighted by Gasteiger charge is -2.01. The molecule has 5 nitrogen and oxygen atoms in total. The minimum Gasteiger partial charge on any atom is -0.454 e. The molecule has 1 aromatic heterocycles. The predicted molar refractivity (Wildman–Crippen MR) is 41.6 cm³/mol. The van der Waals surface area contributed by atoms with Gasteiger partial charge >= 0.3 is 16.5 Å². The highest BCUT2D eigenvalue weighted by atomic mass is 32.2. The lowest BCUT2D eigenvalue weighted by atomic mass is 10.4. The van der Waals surface area contributed by atoms with E-state index in [1.807, 2.05) is 0 Å². The van der Waals surface area contributed by atoms with E-state index in [1.165, 1.54) is 0 Å². The Kier molecular flexibility index (Phi) is 3.07. The summed E-state index contributed by atoms with van der Waals surface area (Å²) in [7, 11) is -4.19. The molecule has 0 unspecified atom stereocenters. The smallest absolute Gasteiger partial charge is 0.449 e. The van der Waals surface area contributed by atoms with Crippen molar-refractivity contribution < 1.29 is 30.2 Å². The molecular weight excluding hydrogens is 239 g/mol. The van der Waals surface area contributed by atoms with E-state index in [0.29, 0.717) is 6.07 Å². The molecule has 0 aliphatic carbocycles. The van der Waals surface area contributed by atoms with Gasteiger partial charge in [0.25, 0.3) is 0 Å². The van der Waals surface area contributed by atoms with Crippen LogP contribution in [-0.2, 0) is 27.3 Å². The summed E-state index contributed by atoms with van der Waals surface area (Å²) in [6.45, 7) is -0.672. The monoisotopic (exact) mass is 245 g/mol. The van der Waals surface area contributed by atoms with Crippen LogP contribution >= 0.6 is 0 Å². The summed E-state index contributed by atoms with van der Waals surface area (Å²) in [5.41, 5.74) is 0. The number of hydrogen-bond donors (Lipinski definition) is 1. The van der Waals surface area contributed by atoms with Crippen LogP contribution in [0.1, 0.15) is 11.5 Å². The Labute approximate surface area is 82.9 Å². The van der Waals surface area contributed by atoms with Gasteiger partial charge < -0.3 is 4.42 Å². The van der Waals surface area contributed by atoms with Crippen molar-refractivity contribution >= 4 is 10.3 Å². The molecule has 0 fully saturated rings. The third-order valence-corrected chi connectivity index (χ3v) is 1.75. The average molecular weight is 245 g/mol. The van der Waals surface area contributed by atoms with Crippen molar-refractivity contribution in [1.82, 2.24) is 0 Å². The van der Waals surface area contributed by atoms with Crippen LogP contribution in [0.15, 0.2) is 16.5 Å². The van der Waals surface area contributed by atoms with E-state index in [4.69, 9.17) is 0 Å². The Balaban J connectivity index is 2.70. The molecule has 15 heavy (non-hydrogen) atoms. The van der Waals surface area contributed by atoms with Crippen LogP contribution in [0, 0.1) is 0 Å². The molecule has 86 valence electrons. The van der Waals surface area contributed by atoms with Crippen LogP contribution in [0.5, 0.6) is 0 Å². The van der Waals surface area contributed by atoms with Crippen molar-refractivity contribution in [2.75, 3.05) is 0 Å². The van der Waals surface area contributed by atoms with Gasteiger partial charge in [0.2, 0.25) is 5.76 Å². The SMILES string of the molecule is NS(=O)(=O)OCc1ccc(C(F)(F)F)o1. The second kappa shape index (κ2) is 3.83. The summed E-state index contributed by atoms with van der Waals surface area (Å²) in [6, 6.07) is 1.62. The number of furan rings is 1. The first kappa shape index (κ1) is 12.0. The van der Waals surface area contributed by atoms with Gasteiger partial charge in [-0.05, 0) is 12.1 Å². The second-order valence-corrected chi connectivity index (χ2v) is 3.74. The van der Waals surface area contributed by atoms with Crippen LogP contribution in [-0.4, -0.2) is 8.42 Å². The Bertz CT molecular complexity index is 435. The minimum absolute atomic E-state index is 0.281. The molecular formula is C6H6F3NO4S. The van der Waals surface area contributed by atoms with Crippen molar-refractivity contribution in [1.29, 1.82) is 0 Å². The Morgan fingerprint density at radius 1 is 1.40 bits per heavy atom. The van der Waals surface area contributed by atoms with Gasteiger partial charge in [-0.1, -0.05) is 0 Å². The summed E-state index contributed by atoms with van der Waals surface area (Å²) < 4.78 is 64.9. The van der Waals surface area contributed by atoms with Gasteiger partial charge in [0.1, 0.15) is 12.4 Å². The van der Waals surface area contributed by atoms with Crippen LogP contribution < -0.4 is 5.14 Å². The van der Waals surface area contributed by atoms with E-state index < -0.39 is 28.8 Å². The highest BCUT2D eigenvalue weighted by Gasteiger charge is 2.34. The summed E-state index contributed by atoms with van der Waals surface area (Å²) >= 11 is 0. The largest absolute Gasteiger partial charge is 0.454 e. The van der Waals surface area contributed by atoms with Gasteiger partial charge in [-0.2, -0.15) is 21.6 Å². The molecule has 0 saturated heterocycles. The highest BCUT2D eigenvalue weighted by Crippen LogP contribution is 2.30. The van der Waals surface area contributed by atoms with Crippen LogP contribution in [0.4, 0.5) is 13.2 Å². The van der Waals surface area contributed by atoms with Gasteiger partial charge in [-0.15, -0.1) is 0 Å². The number of halogens is 3. The standard InChI is InChI=1S/C6H6F3NO4S/c7-6(8,9)5-2-1-4(14-5)3-13-15(10,11)12/h1-2H,3H2,(H2,10,11,12). The van der Waals surface area contributed by atoms with Crippen LogP contribution in [0.2, 0.25) is 0 Å². The predicted octanol–water partition coefficient (Wildman–Crippen LogP) is 1.02. The molecule has 0 aliphatic heterocycles. The molecule has 0 radical (unpaired) electrons. The zero-order valence-corrected chi connectivity index (χ0v) is 7.93. The second-order valence-electron chi connectivity index (χ2n) is 2.52. The summed E-state index contributed by atoms with van der Waals surface area (Å²) in [5, 5.41) is 4.46. The molecule has 0 spiro atoms. The minimum atomic E-state index is -4.61. The topological polar surface area (TPSA) is 82.5 Å². The molecule has 0 atom stereocenters. The molecule has 2 N–H and O–H groups in total. The van der Waals surface area contributed by atoms with E-state index in [1.54, 1.807) is 0 Å². The van der Waals surface area contributed by atoms with Crippen molar-refractivity contribution in [2.24, 2.45) is 5.14 Å². The van der Waals surface area contributed by atoms with Gasteiger partial charge in [-0.3, -0.25) is 4.18 Å². The first-order valence-corrected chi connectivity index (χ1v) is 4.99. The average Bonchev–Trinajstić information content (AvgIpc) is 2.45. The number of hydrogen-bond acceptors (Lipinski definition) is 4.